The summed E-state index contributed by atoms with van der Waals surface area (Å²) in [6.45, 7) is 0.286. The number of hydrogen-bond donors (Lipinski definition) is 2. The van der Waals surface area contributed by atoms with Crippen molar-refractivity contribution in [3.8, 4) is 22.5 Å². The van der Waals surface area contributed by atoms with Gasteiger partial charge in [0.2, 0.25) is 5.95 Å². The number of anilines is 1. The number of rotatable bonds is 6. The van der Waals surface area contributed by atoms with E-state index in [4.69, 9.17) is 17.3 Å². The number of halogens is 1. The van der Waals surface area contributed by atoms with Crippen LogP contribution in [-0.2, 0) is 6.54 Å². The van der Waals surface area contributed by atoms with Crippen molar-refractivity contribution in [2.45, 2.75) is 6.54 Å². The van der Waals surface area contributed by atoms with Crippen molar-refractivity contribution in [1.29, 1.82) is 0 Å². The van der Waals surface area contributed by atoms with Crippen LogP contribution in [0.15, 0.2) is 89.9 Å². The lowest BCUT2D eigenvalue weighted by Gasteiger charge is -2.10. The molecule has 1 heterocycles. The lowest BCUT2D eigenvalue weighted by molar-refractivity contribution is -0.384. The zero-order valence-electron chi connectivity index (χ0n) is 17.4. The maximum Gasteiger partial charge on any atom is 0.270 e. The number of aromatic nitrogens is 2. The summed E-state index contributed by atoms with van der Waals surface area (Å²) in [5.41, 5.74) is 9.46. The van der Waals surface area contributed by atoms with Crippen molar-refractivity contribution in [2.75, 3.05) is 5.32 Å². The highest BCUT2D eigenvalue weighted by molar-refractivity contribution is 6.31. The van der Waals surface area contributed by atoms with Crippen LogP contribution in [0.2, 0.25) is 5.02 Å². The molecule has 1 aromatic heterocycles. The molecule has 3 N–H and O–H groups in total. The van der Waals surface area contributed by atoms with Gasteiger partial charge in [-0.25, -0.2) is 15.0 Å². The average Bonchev–Trinajstić information content (AvgIpc) is 2.84. The molecular formula is C24H19ClN6O2. The van der Waals surface area contributed by atoms with E-state index in [1.54, 1.807) is 24.3 Å². The van der Waals surface area contributed by atoms with Crippen LogP contribution in [0.1, 0.15) is 5.56 Å². The number of nitro groups is 1. The largest absolute Gasteiger partial charge is 0.370 e. The van der Waals surface area contributed by atoms with Crippen molar-refractivity contribution in [3.63, 3.8) is 0 Å². The number of guanidine groups is 1. The second-order valence-corrected chi connectivity index (χ2v) is 7.46. The van der Waals surface area contributed by atoms with Crippen molar-refractivity contribution < 1.29 is 4.92 Å². The van der Waals surface area contributed by atoms with Gasteiger partial charge in [0.1, 0.15) is 0 Å². The predicted molar refractivity (Wildman–Crippen MR) is 130 cm³/mol. The number of nitrogens with two attached hydrogens (primary N) is 1. The minimum absolute atomic E-state index is 0.0253. The number of benzene rings is 3. The standard InChI is InChI=1S/C24H19ClN6O2/c25-20-12-5-4-9-18(20)15-27-23(26)30-24-28-21(16-7-2-1-3-8-16)14-22(29-24)17-10-6-11-19(13-17)31(32)33/h1-14H,15H2,(H3,26,27,28,29,30). The summed E-state index contributed by atoms with van der Waals surface area (Å²) in [7, 11) is 0. The molecule has 0 aliphatic heterocycles. The topological polar surface area (TPSA) is 119 Å². The summed E-state index contributed by atoms with van der Waals surface area (Å²) >= 11 is 6.18. The van der Waals surface area contributed by atoms with Gasteiger partial charge in [-0.2, -0.15) is 0 Å². The lowest BCUT2D eigenvalue weighted by Crippen LogP contribution is -2.24. The normalized spacial score (nSPS) is 11.2. The van der Waals surface area contributed by atoms with E-state index >= 15 is 0 Å². The predicted octanol–water partition coefficient (Wildman–Crippen LogP) is 5.30. The summed E-state index contributed by atoms with van der Waals surface area (Å²) in [6.07, 6.45) is 0. The molecule has 4 rings (SSSR count). The Morgan fingerprint density at radius 1 is 0.939 bits per heavy atom. The van der Waals surface area contributed by atoms with Crippen LogP contribution in [0.3, 0.4) is 0 Å². The van der Waals surface area contributed by atoms with Crippen LogP contribution in [0, 0.1) is 10.1 Å². The van der Waals surface area contributed by atoms with E-state index < -0.39 is 4.92 Å². The van der Waals surface area contributed by atoms with E-state index in [9.17, 15) is 10.1 Å². The fourth-order valence-corrected chi connectivity index (χ4v) is 3.33. The van der Waals surface area contributed by atoms with Crippen molar-refractivity contribution >= 4 is 29.2 Å². The van der Waals surface area contributed by atoms with Gasteiger partial charge in [0.05, 0.1) is 22.9 Å². The van der Waals surface area contributed by atoms with Crippen LogP contribution >= 0.6 is 11.6 Å². The number of nitro benzene ring substituents is 1. The van der Waals surface area contributed by atoms with Gasteiger partial charge >= 0.3 is 0 Å². The van der Waals surface area contributed by atoms with Crippen LogP contribution in [0.4, 0.5) is 11.6 Å². The van der Waals surface area contributed by atoms with Crippen LogP contribution < -0.4 is 11.1 Å². The van der Waals surface area contributed by atoms with Crippen LogP contribution in [0.5, 0.6) is 0 Å². The SMILES string of the molecule is NC(=NCc1ccccc1Cl)Nc1nc(-c2ccccc2)cc(-c2cccc([N+](=O)[O-])c2)n1. The Morgan fingerprint density at radius 2 is 1.61 bits per heavy atom. The first-order chi connectivity index (χ1) is 16.0. The van der Waals surface area contributed by atoms with Crippen molar-refractivity contribution in [1.82, 2.24) is 9.97 Å². The maximum atomic E-state index is 11.2. The molecule has 0 bridgehead atoms. The fourth-order valence-electron chi connectivity index (χ4n) is 3.14. The molecule has 4 aromatic rings. The third-order valence-corrected chi connectivity index (χ3v) is 5.13. The third kappa shape index (κ3) is 5.50. The van der Waals surface area contributed by atoms with Crippen LogP contribution in [0.25, 0.3) is 22.5 Å². The molecule has 33 heavy (non-hydrogen) atoms. The Labute approximate surface area is 195 Å². The molecule has 3 aromatic carbocycles. The van der Waals surface area contributed by atoms with Gasteiger partial charge < -0.3 is 5.73 Å². The highest BCUT2D eigenvalue weighted by Crippen LogP contribution is 2.27. The zero-order chi connectivity index (χ0) is 23.2. The lowest BCUT2D eigenvalue weighted by atomic mass is 10.1. The zero-order valence-corrected chi connectivity index (χ0v) is 18.1. The Bertz CT molecular complexity index is 1330. The van der Waals surface area contributed by atoms with Crippen molar-refractivity contribution in [3.05, 3.63) is 106 Å². The molecule has 8 nitrogen and oxygen atoms in total. The molecule has 0 unspecified atom stereocenters. The Balaban J connectivity index is 1.69. The van der Waals surface area contributed by atoms with Gasteiger partial charge in [0.25, 0.3) is 5.69 Å². The molecule has 0 spiro atoms. The molecule has 0 saturated carbocycles. The Hall–Kier alpha value is -4.30. The van der Waals surface area contributed by atoms with Gasteiger partial charge in [-0.1, -0.05) is 72.3 Å². The van der Waals surface area contributed by atoms with Gasteiger partial charge in [0, 0.05) is 28.3 Å². The van der Waals surface area contributed by atoms with Gasteiger partial charge in [-0.15, -0.1) is 0 Å². The van der Waals surface area contributed by atoms with E-state index in [0.717, 1.165) is 11.1 Å². The monoisotopic (exact) mass is 458 g/mol. The summed E-state index contributed by atoms with van der Waals surface area (Å²) in [4.78, 5) is 24.2. The molecule has 0 fully saturated rings. The maximum absolute atomic E-state index is 11.2. The summed E-state index contributed by atoms with van der Waals surface area (Å²) < 4.78 is 0. The first-order valence-corrected chi connectivity index (χ1v) is 10.4. The second kappa shape index (κ2) is 9.88. The first kappa shape index (κ1) is 21.9. The van der Waals surface area contributed by atoms with Crippen molar-refractivity contribution in [2.24, 2.45) is 10.7 Å². The minimum Gasteiger partial charge on any atom is -0.370 e. The van der Waals surface area contributed by atoms with Gasteiger partial charge in [0.15, 0.2) is 5.96 Å². The van der Waals surface area contributed by atoms with E-state index in [1.165, 1.54) is 12.1 Å². The number of aliphatic imine (C=N–C) groups is 1. The Morgan fingerprint density at radius 3 is 2.33 bits per heavy atom. The van der Waals surface area contributed by atoms with E-state index in [-0.39, 0.29) is 24.1 Å². The van der Waals surface area contributed by atoms with Gasteiger partial charge in [-0.3, -0.25) is 15.4 Å². The molecule has 0 amide bonds. The quantitative estimate of drug-likeness (QED) is 0.175. The smallest absolute Gasteiger partial charge is 0.270 e. The highest BCUT2D eigenvalue weighted by Gasteiger charge is 2.12. The van der Waals surface area contributed by atoms with Gasteiger partial charge in [-0.05, 0) is 17.7 Å². The molecule has 0 radical (unpaired) electrons. The molecule has 0 saturated heterocycles. The van der Waals surface area contributed by atoms with E-state index in [2.05, 4.69) is 20.3 Å². The number of nitrogens with zero attached hydrogens (tertiary/aromatic N) is 4. The summed E-state index contributed by atoms with van der Waals surface area (Å²) in [6, 6.07) is 24.9. The summed E-state index contributed by atoms with van der Waals surface area (Å²) in [5, 5.41) is 14.7. The number of hydrogen-bond acceptors (Lipinski definition) is 5. The highest BCUT2D eigenvalue weighted by atomic mass is 35.5. The molecule has 164 valence electrons. The Kier molecular flexibility index (Phi) is 6.56. The third-order valence-electron chi connectivity index (χ3n) is 4.77. The first-order valence-electron chi connectivity index (χ1n) is 9.99. The van der Waals surface area contributed by atoms with Crippen LogP contribution in [-0.4, -0.2) is 20.9 Å². The summed E-state index contributed by atoms with van der Waals surface area (Å²) in [5.74, 6) is 0.336. The molecular weight excluding hydrogens is 440 g/mol. The molecule has 0 aliphatic rings. The van der Waals surface area contributed by atoms with E-state index in [1.807, 2.05) is 48.5 Å². The fraction of sp³-hybridized carbons (Fsp3) is 0.0417. The number of non-ortho nitro benzene ring substituents is 1. The van der Waals surface area contributed by atoms with E-state index in [0.29, 0.717) is 22.0 Å². The minimum atomic E-state index is -0.443. The molecule has 0 atom stereocenters. The average molecular weight is 459 g/mol. The number of nitrogens with one attached hydrogen (secondary N) is 1. The molecule has 9 heteroatoms. The molecule has 0 aliphatic carbocycles. The second-order valence-electron chi connectivity index (χ2n) is 7.05.